The molecular formula is C26H38N4O4+2. The van der Waals surface area contributed by atoms with Crippen molar-refractivity contribution in [1.29, 1.82) is 0 Å². The Hall–Kier alpha value is -3.10. The number of nitrogens with one attached hydrogen (secondary N) is 2. The van der Waals surface area contributed by atoms with Gasteiger partial charge in [0.1, 0.15) is 23.6 Å². The van der Waals surface area contributed by atoms with Crippen LogP contribution in [0.4, 0.5) is 11.4 Å². The maximum absolute atomic E-state index is 13.6. The summed E-state index contributed by atoms with van der Waals surface area (Å²) in [7, 11) is 12.6. The fraction of sp³-hybridized carbons (Fsp3) is 0.462. The van der Waals surface area contributed by atoms with Crippen LogP contribution in [0.15, 0.2) is 24.3 Å². The molecule has 1 aliphatic rings. The van der Waals surface area contributed by atoms with E-state index in [0.717, 1.165) is 8.97 Å². The molecule has 0 aliphatic heterocycles. The molecule has 2 aromatic carbocycles. The number of phenolic OH excluding ortho intramolecular Hbond substituents is 2. The molecule has 0 heterocycles. The normalized spacial score (nSPS) is 15.4. The predicted octanol–water partition coefficient (Wildman–Crippen LogP) is 2.89. The summed E-state index contributed by atoms with van der Waals surface area (Å²) in [4.78, 5) is 27.3. The largest absolute Gasteiger partial charge is 0.507 e. The van der Waals surface area contributed by atoms with Gasteiger partial charge in [0.15, 0.2) is 0 Å². The molecular weight excluding hydrogens is 432 g/mol. The highest BCUT2D eigenvalue weighted by Crippen LogP contribution is 2.42. The van der Waals surface area contributed by atoms with Crippen LogP contribution in [0.5, 0.6) is 11.5 Å². The zero-order chi connectivity index (χ0) is 25.6. The molecule has 1 aliphatic carbocycles. The first-order valence-corrected chi connectivity index (χ1v) is 11.6. The fourth-order valence-electron chi connectivity index (χ4n) is 3.72. The summed E-state index contributed by atoms with van der Waals surface area (Å²) >= 11 is 0. The van der Waals surface area contributed by atoms with E-state index >= 15 is 0 Å². The van der Waals surface area contributed by atoms with E-state index in [2.05, 4.69) is 66.8 Å². The third-order valence-electron chi connectivity index (χ3n) is 7.10. The summed E-state index contributed by atoms with van der Waals surface area (Å²) in [5.41, 5.74) is 1.19. The number of quaternary nitrogens is 2. The molecule has 8 heteroatoms. The molecule has 0 fully saturated rings. The lowest BCUT2D eigenvalue weighted by Gasteiger charge is -2.33. The number of likely N-dealkylation sites (N-methyl/N-ethyl adjacent to an activating group) is 2. The van der Waals surface area contributed by atoms with Gasteiger partial charge in [-0.1, -0.05) is 0 Å². The van der Waals surface area contributed by atoms with Crippen LogP contribution in [0.25, 0.3) is 0 Å². The minimum absolute atomic E-state index is 0.155. The molecule has 0 radical (unpaired) electrons. The monoisotopic (exact) mass is 470 g/mol. The van der Waals surface area contributed by atoms with Gasteiger partial charge in [-0.2, -0.15) is 0 Å². The van der Waals surface area contributed by atoms with Crippen LogP contribution in [-0.4, -0.2) is 98.2 Å². The zero-order valence-corrected chi connectivity index (χ0v) is 21.5. The average molecular weight is 471 g/mol. The maximum Gasteiger partial charge on any atom is 0.200 e. The second kappa shape index (κ2) is 8.92. The van der Waals surface area contributed by atoms with E-state index in [0.29, 0.717) is 24.5 Å². The van der Waals surface area contributed by atoms with Gasteiger partial charge in [0.25, 0.3) is 0 Å². The highest BCUT2D eigenvalue weighted by Gasteiger charge is 2.38. The number of fused-ring (bicyclic) bond motifs is 2. The highest BCUT2D eigenvalue weighted by molar-refractivity contribution is 6.33. The van der Waals surface area contributed by atoms with Crippen molar-refractivity contribution in [1.82, 2.24) is 0 Å². The molecule has 0 spiro atoms. The zero-order valence-electron chi connectivity index (χ0n) is 21.5. The van der Waals surface area contributed by atoms with Crippen molar-refractivity contribution in [3.8, 4) is 11.5 Å². The van der Waals surface area contributed by atoms with Crippen molar-refractivity contribution in [2.75, 3.05) is 66.0 Å². The Morgan fingerprint density at radius 1 is 0.647 bits per heavy atom. The number of anilines is 2. The molecule has 0 saturated carbocycles. The molecule has 2 atom stereocenters. The summed E-state index contributed by atoms with van der Waals surface area (Å²) in [6.07, 6.45) is 0. The number of carbonyl (C=O) groups excluding carboxylic acids is 2. The molecule has 0 bridgehead atoms. The van der Waals surface area contributed by atoms with Crippen LogP contribution in [0.2, 0.25) is 0 Å². The number of ketones is 2. The van der Waals surface area contributed by atoms with Gasteiger partial charge in [-0.3, -0.25) is 9.59 Å². The molecule has 0 saturated heterocycles. The number of rotatable bonds is 8. The highest BCUT2D eigenvalue weighted by atomic mass is 16.3. The Bertz CT molecular complexity index is 1040. The van der Waals surface area contributed by atoms with Gasteiger partial charge in [-0.15, -0.1) is 0 Å². The standard InChI is InChI=1S/C26H36N4O4/c1-15(29(3,4)5)13-27-17-9-10-18(28-14-16(2)30(6,7)8)22-21(17)25(33)23-19(31)11-12-20(32)24(23)26(22)34/h9-12,15-16H,13-14H2,1-8H3,(H2-2,27,28,31,32,33,34)/p+2. The number of carbonyl (C=O) groups is 2. The number of phenols is 2. The minimum Gasteiger partial charge on any atom is -0.507 e. The van der Waals surface area contributed by atoms with Gasteiger partial charge < -0.3 is 29.8 Å². The third kappa shape index (κ3) is 4.74. The van der Waals surface area contributed by atoms with E-state index in [1.807, 2.05) is 0 Å². The Labute approximate surface area is 202 Å². The lowest BCUT2D eigenvalue weighted by Crippen LogP contribution is -2.47. The Kier molecular flexibility index (Phi) is 6.70. The summed E-state index contributed by atoms with van der Waals surface area (Å²) in [5.74, 6) is -1.61. The smallest absolute Gasteiger partial charge is 0.200 e. The van der Waals surface area contributed by atoms with Crippen LogP contribution >= 0.6 is 0 Å². The molecule has 2 unspecified atom stereocenters. The van der Waals surface area contributed by atoms with E-state index < -0.39 is 11.6 Å². The number of hydrogen-bond donors (Lipinski definition) is 4. The van der Waals surface area contributed by atoms with Crippen LogP contribution in [0, 0.1) is 0 Å². The molecule has 4 N–H and O–H groups in total. The molecule has 8 nitrogen and oxygen atoms in total. The molecule has 184 valence electrons. The molecule has 3 rings (SSSR count). The van der Waals surface area contributed by atoms with Gasteiger partial charge in [-0.25, -0.2) is 0 Å². The van der Waals surface area contributed by atoms with Crippen molar-refractivity contribution in [2.24, 2.45) is 0 Å². The van der Waals surface area contributed by atoms with Gasteiger partial charge in [0.2, 0.25) is 11.6 Å². The first-order chi connectivity index (χ1) is 15.6. The van der Waals surface area contributed by atoms with Crippen molar-refractivity contribution in [3.05, 3.63) is 46.5 Å². The van der Waals surface area contributed by atoms with Crippen LogP contribution < -0.4 is 10.6 Å². The SMILES string of the molecule is CC(CNc1ccc(NCC(C)[N+](C)(C)C)c2c1C(=O)c1c(O)ccc(O)c1C2=O)[N+](C)(C)C. The average Bonchev–Trinajstić information content (AvgIpc) is 2.73. The van der Waals surface area contributed by atoms with E-state index in [4.69, 9.17) is 0 Å². The number of nitrogens with zero attached hydrogens (tertiary/aromatic N) is 2. The summed E-state index contributed by atoms with van der Waals surface area (Å²) in [6.45, 7) is 5.38. The molecule has 0 amide bonds. The van der Waals surface area contributed by atoms with E-state index in [-0.39, 0.29) is 45.8 Å². The first kappa shape index (κ1) is 25.5. The van der Waals surface area contributed by atoms with Crippen molar-refractivity contribution in [3.63, 3.8) is 0 Å². The third-order valence-corrected chi connectivity index (χ3v) is 7.10. The fourth-order valence-corrected chi connectivity index (χ4v) is 3.72. The Balaban J connectivity index is 2.12. The van der Waals surface area contributed by atoms with E-state index in [1.165, 1.54) is 12.1 Å². The van der Waals surface area contributed by atoms with Crippen LogP contribution in [0.3, 0.4) is 0 Å². The van der Waals surface area contributed by atoms with Gasteiger partial charge in [0.05, 0.1) is 77.6 Å². The second-order valence-electron chi connectivity index (χ2n) is 11.1. The summed E-state index contributed by atoms with van der Waals surface area (Å²) in [5, 5.41) is 27.5. The van der Waals surface area contributed by atoms with Crippen LogP contribution in [-0.2, 0) is 0 Å². The second-order valence-corrected chi connectivity index (χ2v) is 11.1. The van der Waals surface area contributed by atoms with E-state index in [9.17, 15) is 19.8 Å². The first-order valence-electron chi connectivity index (χ1n) is 11.6. The lowest BCUT2D eigenvalue weighted by atomic mass is 9.81. The quantitative estimate of drug-likeness (QED) is 0.299. The van der Waals surface area contributed by atoms with Crippen LogP contribution in [0.1, 0.15) is 45.7 Å². The number of aromatic hydroxyl groups is 2. The summed E-state index contributed by atoms with van der Waals surface area (Å²) in [6, 6.07) is 6.55. The predicted molar refractivity (Wildman–Crippen MR) is 135 cm³/mol. The minimum atomic E-state index is -0.485. The van der Waals surface area contributed by atoms with Crippen molar-refractivity contribution < 1.29 is 28.8 Å². The topological polar surface area (TPSA) is 98.7 Å². The molecule has 0 aromatic heterocycles. The van der Waals surface area contributed by atoms with Gasteiger partial charge in [0, 0.05) is 11.4 Å². The summed E-state index contributed by atoms with van der Waals surface area (Å²) < 4.78 is 1.45. The van der Waals surface area contributed by atoms with Gasteiger partial charge >= 0.3 is 0 Å². The van der Waals surface area contributed by atoms with Gasteiger partial charge in [-0.05, 0) is 38.1 Å². The maximum atomic E-state index is 13.6. The van der Waals surface area contributed by atoms with Crippen molar-refractivity contribution >= 4 is 22.9 Å². The number of hydrogen-bond acceptors (Lipinski definition) is 6. The Morgan fingerprint density at radius 3 is 1.26 bits per heavy atom. The lowest BCUT2D eigenvalue weighted by molar-refractivity contribution is -0.892. The Morgan fingerprint density at radius 2 is 0.971 bits per heavy atom. The molecule has 2 aromatic rings. The van der Waals surface area contributed by atoms with E-state index in [1.54, 1.807) is 12.1 Å². The molecule has 34 heavy (non-hydrogen) atoms. The number of benzene rings is 2. The van der Waals surface area contributed by atoms with Crippen molar-refractivity contribution in [2.45, 2.75) is 25.9 Å².